The third kappa shape index (κ3) is 2.32. The molecule has 2 fully saturated rings. The number of carbonyl (C=O) groups is 1. The van der Waals surface area contributed by atoms with Gasteiger partial charge in [-0.05, 0) is 38.5 Å². The molecule has 1 heterocycles. The van der Waals surface area contributed by atoms with Crippen LogP contribution in [0.15, 0.2) is 0 Å². The molecule has 1 unspecified atom stereocenters. The minimum atomic E-state index is -0.911. The second-order valence-corrected chi connectivity index (χ2v) is 4.45. The first-order valence-corrected chi connectivity index (χ1v) is 5.72. The van der Waals surface area contributed by atoms with Gasteiger partial charge in [-0.1, -0.05) is 0 Å². The molecule has 0 aromatic rings. The van der Waals surface area contributed by atoms with Crippen LogP contribution < -0.4 is 0 Å². The van der Waals surface area contributed by atoms with E-state index in [9.17, 15) is 9.90 Å². The maximum atomic E-state index is 11.2. The summed E-state index contributed by atoms with van der Waals surface area (Å²) in [6, 6.07) is 0. The lowest BCUT2D eigenvalue weighted by Crippen LogP contribution is -2.40. The Morgan fingerprint density at radius 1 is 1.40 bits per heavy atom. The summed E-state index contributed by atoms with van der Waals surface area (Å²) < 4.78 is 11.0. The molecule has 1 aliphatic heterocycles. The molecule has 0 aromatic heterocycles. The molecule has 86 valence electrons. The van der Waals surface area contributed by atoms with Crippen molar-refractivity contribution < 1.29 is 19.4 Å². The molecule has 0 spiro atoms. The summed E-state index contributed by atoms with van der Waals surface area (Å²) in [7, 11) is 0. The minimum absolute atomic E-state index is 0.113. The Bertz CT molecular complexity index is 227. The van der Waals surface area contributed by atoms with Crippen molar-refractivity contribution in [2.45, 2.75) is 50.2 Å². The molecule has 1 saturated heterocycles. The smallest absolute Gasteiger partial charge is 0.335 e. The van der Waals surface area contributed by atoms with Crippen LogP contribution in [0.1, 0.15) is 38.5 Å². The molecule has 0 bridgehead atoms. The zero-order valence-corrected chi connectivity index (χ0v) is 8.91. The zero-order chi connectivity index (χ0) is 10.7. The molecule has 1 saturated carbocycles. The fourth-order valence-electron chi connectivity index (χ4n) is 2.39. The van der Waals surface area contributed by atoms with E-state index < -0.39 is 11.6 Å². The second-order valence-electron chi connectivity index (χ2n) is 4.45. The third-order valence-electron chi connectivity index (χ3n) is 3.37. The Kier molecular flexibility index (Phi) is 3.26. The minimum Gasteiger partial charge on any atom is -0.479 e. The Hall–Kier alpha value is -0.610. The first-order chi connectivity index (χ1) is 7.23. The van der Waals surface area contributed by atoms with Crippen molar-refractivity contribution in [2.75, 3.05) is 13.2 Å². The van der Waals surface area contributed by atoms with Gasteiger partial charge in [-0.25, -0.2) is 4.79 Å². The number of ether oxygens (including phenoxy) is 2. The molecule has 4 nitrogen and oxygen atoms in total. The summed E-state index contributed by atoms with van der Waals surface area (Å²) in [5.41, 5.74) is -0.911. The van der Waals surface area contributed by atoms with Crippen LogP contribution in [0.2, 0.25) is 0 Å². The van der Waals surface area contributed by atoms with Gasteiger partial charge in [0.15, 0.2) is 5.60 Å². The molecule has 1 atom stereocenters. The highest BCUT2D eigenvalue weighted by atomic mass is 16.6. The summed E-state index contributed by atoms with van der Waals surface area (Å²) in [6.45, 7) is 1.22. The standard InChI is InChI=1S/C11H18O4/c12-10(13)11(5-1-2-6-11)15-8-9-4-3-7-14-9/h9H,1-8H2,(H,12,13). The Labute approximate surface area is 89.6 Å². The van der Waals surface area contributed by atoms with Crippen LogP contribution in [0.25, 0.3) is 0 Å². The quantitative estimate of drug-likeness (QED) is 0.772. The Morgan fingerprint density at radius 2 is 2.13 bits per heavy atom. The molecule has 0 amide bonds. The number of rotatable bonds is 4. The van der Waals surface area contributed by atoms with E-state index in [0.29, 0.717) is 19.4 Å². The van der Waals surface area contributed by atoms with E-state index in [1.807, 2.05) is 0 Å². The number of hydrogen-bond donors (Lipinski definition) is 1. The number of carboxylic acid groups (broad SMARTS) is 1. The number of aliphatic carboxylic acids is 1. The SMILES string of the molecule is O=C(O)C1(OCC2CCCO2)CCCC1. The first-order valence-electron chi connectivity index (χ1n) is 5.72. The predicted molar refractivity (Wildman–Crippen MR) is 53.8 cm³/mol. The van der Waals surface area contributed by atoms with Gasteiger partial charge in [-0.3, -0.25) is 0 Å². The van der Waals surface area contributed by atoms with Crippen LogP contribution in [-0.2, 0) is 14.3 Å². The van der Waals surface area contributed by atoms with Gasteiger partial charge < -0.3 is 14.6 Å². The van der Waals surface area contributed by atoms with Gasteiger partial charge in [0.05, 0.1) is 12.7 Å². The van der Waals surface area contributed by atoms with Crippen molar-refractivity contribution in [1.82, 2.24) is 0 Å². The van der Waals surface area contributed by atoms with Crippen molar-refractivity contribution in [3.05, 3.63) is 0 Å². The average Bonchev–Trinajstić information content (AvgIpc) is 2.87. The molecule has 15 heavy (non-hydrogen) atoms. The van der Waals surface area contributed by atoms with Crippen LogP contribution in [0.4, 0.5) is 0 Å². The van der Waals surface area contributed by atoms with Crippen molar-refractivity contribution in [1.29, 1.82) is 0 Å². The Balaban J connectivity index is 1.86. The van der Waals surface area contributed by atoms with Crippen molar-refractivity contribution in [3.8, 4) is 0 Å². The van der Waals surface area contributed by atoms with Gasteiger partial charge >= 0.3 is 5.97 Å². The predicted octanol–water partition coefficient (Wildman–Crippen LogP) is 1.58. The van der Waals surface area contributed by atoms with E-state index >= 15 is 0 Å². The lowest BCUT2D eigenvalue weighted by molar-refractivity contribution is -0.169. The fourth-order valence-corrected chi connectivity index (χ4v) is 2.39. The average molecular weight is 214 g/mol. The molecule has 0 radical (unpaired) electrons. The largest absolute Gasteiger partial charge is 0.479 e. The van der Waals surface area contributed by atoms with Crippen LogP contribution in [-0.4, -0.2) is 36.0 Å². The molecule has 2 rings (SSSR count). The Morgan fingerprint density at radius 3 is 2.67 bits per heavy atom. The van der Waals surface area contributed by atoms with Gasteiger partial charge in [0.1, 0.15) is 0 Å². The van der Waals surface area contributed by atoms with E-state index in [0.717, 1.165) is 32.3 Å². The van der Waals surface area contributed by atoms with Crippen LogP contribution in [0.3, 0.4) is 0 Å². The summed E-state index contributed by atoms with van der Waals surface area (Å²) in [5, 5.41) is 9.17. The van der Waals surface area contributed by atoms with Gasteiger partial charge in [-0.2, -0.15) is 0 Å². The maximum absolute atomic E-state index is 11.2. The molecular formula is C11H18O4. The maximum Gasteiger partial charge on any atom is 0.335 e. The van der Waals surface area contributed by atoms with E-state index in [-0.39, 0.29) is 6.10 Å². The highest BCUT2D eigenvalue weighted by Crippen LogP contribution is 2.34. The van der Waals surface area contributed by atoms with E-state index in [1.54, 1.807) is 0 Å². The van der Waals surface area contributed by atoms with E-state index in [4.69, 9.17) is 9.47 Å². The summed E-state index contributed by atoms with van der Waals surface area (Å²) in [5.74, 6) is -0.807. The fraction of sp³-hybridized carbons (Fsp3) is 0.909. The summed E-state index contributed by atoms with van der Waals surface area (Å²) >= 11 is 0. The van der Waals surface area contributed by atoms with Crippen LogP contribution >= 0.6 is 0 Å². The third-order valence-corrected chi connectivity index (χ3v) is 3.37. The number of hydrogen-bond acceptors (Lipinski definition) is 3. The highest BCUT2D eigenvalue weighted by molar-refractivity contribution is 5.77. The van der Waals surface area contributed by atoms with Gasteiger partial charge in [0.25, 0.3) is 0 Å². The topological polar surface area (TPSA) is 55.8 Å². The summed E-state index contributed by atoms with van der Waals surface area (Å²) in [4.78, 5) is 11.2. The van der Waals surface area contributed by atoms with Crippen molar-refractivity contribution in [3.63, 3.8) is 0 Å². The lowest BCUT2D eigenvalue weighted by atomic mass is 10.0. The monoisotopic (exact) mass is 214 g/mol. The number of carboxylic acids is 1. The lowest BCUT2D eigenvalue weighted by Gasteiger charge is -2.25. The van der Waals surface area contributed by atoms with Gasteiger partial charge in [-0.15, -0.1) is 0 Å². The van der Waals surface area contributed by atoms with Gasteiger partial charge in [0, 0.05) is 6.61 Å². The molecule has 1 N–H and O–H groups in total. The normalized spacial score (nSPS) is 29.5. The zero-order valence-electron chi connectivity index (χ0n) is 8.91. The van der Waals surface area contributed by atoms with Crippen LogP contribution in [0, 0.1) is 0 Å². The van der Waals surface area contributed by atoms with Gasteiger partial charge in [0.2, 0.25) is 0 Å². The van der Waals surface area contributed by atoms with Crippen molar-refractivity contribution >= 4 is 5.97 Å². The summed E-state index contributed by atoms with van der Waals surface area (Å²) in [6.07, 6.45) is 5.38. The van der Waals surface area contributed by atoms with Crippen molar-refractivity contribution in [2.24, 2.45) is 0 Å². The van der Waals surface area contributed by atoms with E-state index in [2.05, 4.69) is 0 Å². The first kappa shape index (κ1) is 10.9. The molecule has 4 heteroatoms. The highest BCUT2D eigenvalue weighted by Gasteiger charge is 2.43. The molecule has 1 aliphatic carbocycles. The molecular weight excluding hydrogens is 196 g/mol. The second kappa shape index (κ2) is 4.49. The molecule has 0 aromatic carbocycles. The van der Waals surface area contributed by atoms with E-state index in [1.165, 1.54) is 0 Å². The molecule has 2 aliphatic rings. The van der Waals surface area contributed by atoms with Crippen LogP contribution in [0.5, 0.6) is 0 Å².